The van der Waals surface area contributed by atoms with Crippen molar-refractivity contribution in [3.05, 3.63) is 65.7 Å². The third-order valence-corrected chi connectivity index (χ3v) is 6.48. The lowest BCUT2D eigenvalue weighted by molar-refractivity contribution is -0.133. The maximum absolute atomic E-state index is 13.0. The second-order valence-electron chi connectivity index (χ2n) is 9.03. The van der Waals surface area contributed by atoms with Gasteiger partial charge in [0.05, 0.1) is 5.92 Å². The van der Waals surface area contributed by atoms with E-state index in [1.54, 1.807) is 43.3 Å². The highest BCUT2D eigenvalue weighted by Gasteiger charge is 2.49. The molecule has 178 valence electrons. The maximum atomic E-state index is 13.0. The Morgan fingerprint density at radius 2 is 1.82 bits per heavy atom. The monoisotopic (exact) mass is 463 g/mol. The van der Waals surface area contributed by atoms with Crippen molar-refractivity contribution in [2.45, 2.75) is 31.8 Å². The van der Waals surface area contributed by atoms with Crippen LogP contribution in [0.25, 0.3) is 0 Å². The molecular weight excluding hydrogens is 434 g/mol. The van der Waals surface area contributed by atoms with E-state index in [9.17, 15) is 19.2 Å². The molecule has 0 aliphatic carbocycles. The number of hydrogen-bond acceptors (Lipinski definition) is 5. The Morgan fingerprint density at radius 1 is 1.12 bits per heavy atom. The van der Waals surface area contributed by atoms with Gasteiger partial charge in [0.25, 0.3) is 5.91 Å². The Labute approximate surface area is 198 Å². The summed E-state index contributed by atoms with van der Waals surface area (Å²) in [4.78, 5) is 52.6. The van der Waals surface area contributed by atoms with Gasteiger partial charge in [-0.15, -0.1) is 0 Å². The first-order valence-electron chi connectivity index (χ1n) is 11.4. The highest BCUT2D eigenvalue weighted by molar-refractivity contribution is 6.10. The lowest BCUT2D eigenvalue weighted by Crippen LogP contribution is -2.42. The van der Waals surface area contributed by atoms with Gasteiger partial charge in [-0.05, 0) is 49.6 Å². The van der Waals surface area contributed by atoms with Crippen molar-refractivity contribution in [3.8, 4) is 0 Å². The largest absolute Gasteiger partial charge is 0.369 e. The summed E-state index contributed by atoms with van der Waals surface area (Å²) in [6, 6.07) is 15.7. The molecule has 2 aliphatic heterocycles. The molecule has 2 unspecified atom stereocenters. The lowest BCUT2D eigenvalue weighted by Gasteiger charge is -2.31. The molecule has 0 bridgehead atoms. The Bertz CT molecular complexity index is 1090. The Kier molecular flexibility index (Phi) is 6.65. The number of nitrogens with one attached hydrogen (secondary N) is 2. The van der Waals surface area contributed by atoms with Crippen molar-refractivity contribution in [2.24, 2.45) is 11.7 Å². The molecule has 9 heteroatoms. The minimum Gasteiger partial charge on any atom is -0.369 e. The molecular formula is C25H29N5O4. The van der Waals surface area contributed by atoms with Gasteiger partial charge in [0.2, 0.25) is 11.8 Å². The van der Waals surface area contributed by atoms with Gasteiger partial charge < -0.3 is 16.4 Å². The molecule has 0 radical (unpaired) electrons. The van der Waals surface area contributed by atoms with Crippen molar-refractivity contribution in [2.75, 3.05) is 25.0 Å². The third kappa shape index (κ3) is 4.94. The standard InChI is InChI=1S/C25H29N5O4/c1-25(19-7-3-2-4-8-19)23(33)30(24(34)28-25)16-21(31)27-20-11-9-17(10-12-20)14-29-13-5-6-18(15-29)22(26)32/h2-4,7-12,18H,5-6,13-16H2,1H3,(H2,26,32)(H,27,31)(H,28,34). The van der Waals surface area contributed by atoms with Crippen LogP contribution in [0.1, 0.15) is 30.9 Å². The summed E-state index contributed by atoms with van der Waals surface area (Å²) < 4.78 is 0. The fourth-order valence-electron chi connectivity index (χ4n) is 4.53. The smallest absolute Gasteiger partial charge is 0.325 e. The molecule has 5 amide bonds. The first kappa shape index (κ1) is 23.4. The molecule has 2 aromatic rings. The number of benzene rings is 2. The molecule has 4 N–H and O–H groups in total. The van der Waals surface area contributed by atoms with Crippen molar-refractivity contribution in [3.63, 3.8) is 0 Å². The average molecular weight is 464 g/mol. The van der Waals surface area contributed by atoms with Crippen LogP contribution < -0.4 is 16.4 Å². The molecule has 2 aromatic carbocycles. The Hall–Kier alpha value is -3.72. The third-order valence-electron chi connectivity index (χ3n) is 6.48. The van der Waals surface area contributed by atoms with E-state index >= 15 is 0 Å². The highest BCUT2D eigenvalue weighted by atomic mass is 16.2. The molecule has 2 aliphatic rings. The molecule has 9 nitrogen and oxygen atoms in total. The number of imide groups is 1. The molecule has 2 fully saturated rings. The topological polar surface area (TPSA) is 125 Å². The van der Waals surface area contributed by atoms with E-state index in [-0.39, 0.29) is 18.4 Å². The van der Waals surface area contributed by atoms with Crippen molar-refractivity contribution in [1.82, 2.24) is 15.1 Å². The van der Waals surface area contributed by atoms with Crippen LogP contribution >= 0.6 is 0 Å². The number of carbonyl (C=O) groups excluding carboxylic acids is 4. The van der Waals surface area contributed by atoms with Crippen LogP contribution in [-0.4, -0.2) is 53.2 Å². The van der Waals surface area contributed by atoms with Gasteiger partial charge in [0.1, 0.15) is 12.1 Å². The van der Waals surface area contributed by atoms with Gasteiger partial charge in [-0.2, -0.15) is 0 Å². The second-order valence-corrected chi connectivity index (χ2v) is 9.03. The summed E-state index contributed by atoms with van der Waals surface area (Å²) >= 11 is 0. The van der Waals surface area contributed by atoms with Crippen molar-refractivity contribution >= 4 is 29.4 Å². The molecule has 4 rings (SSSR count). The number of likely N-dealkylation sites (tertiary alicyclic amines) is 1. The molecule has 0 saturated carbocycles. The minimum atomic E-state index is -1.21. The molecule has 34 heavy (non-hydrogen) atoms. The van der Waals surface area contributed by atoms with Gasteiger partial charge in [-0.25, -0.2) is 4.79 Å². The highest BCUT2D eigenvalue weighted by Crippen LogP contribution is 2.28. The van der Waals surface area contributed by atoms with Crippen LogP contribution in [0.3, 0.4) is 0 Å². The van der Waals surface area contributed by atoms with Crippen molar-refractivity contribution < 1.29 is 19.2 Å². The van der Waals surface area contributed by atoms with E-state index in [0.29, 0.717) is 24.3 Å². The maximum Gasteiger partial charge on any atom is 0.325 e. The van der Waals surface area contributed by atoms with Crippen molar-refractivity contribution in [1.29, 1.82) is 0 Å². The Morgan fingerprint density at radius 3 is 2.50 bits per heavy atom. The predicted molar refractivity (Wildman–Crippen MR) is 126 cm³/mol. The Balaban J connectivity index is 1.33. The fourth-order valence-corrected chi connectivity index (χ4v) is 4.53. The zero-order valence-electron chi connectivity index (χ0n) is 19.1. The molecule has 0 aromatic heterocycles. The predicted octanol–water partition coefficient (Wildman–Crippen LogP) is 1.79. The SMILES string of the molecule is CC1(c2ccccc2)NC(=O)N(CC(=O)Nc2ccc(CN3CCCC(C(N)=O)C3)cc2)C1=O. The lowest BCUT2D eigenvalue weighted by atomic mass is 9.92. The molecule has 2 atom stereocenters. The normalized spacial score (nSPS) is 23.0. The zero-order valence-corrected chi connectivity index (χ0v) is 19.1. The van der Waals surface area contributed by atoms with Gasteiger partial charge in [0, 0.05) is 18.8 Å². The minimum absolute atomic E-state index is 0.110. The molecule has 2 saturated heterocycles. The average Bonchev–Trinajstić information content (AvgIpc) is 3.05. The van der Waals surface area contributed by atoms with Crippen LogP contribution in [0.4, 0.5) is 10.5 Å². The number of piperidine rings is 1. The quantitative estimate of drug-likeness (QED) is 0.540. The zero-order chi connectivity index (χ0) is 24.3. The van der Waals surface area contributed by atoms with Crippen LogP contribution in [0, 0.1) is 5.92 Å². The van der Waals surface area contributed by atoms with E-state index in [4.69, 9.17) is 5.73 Å². The number of anilines is 1. The van der Waals surface area contributed by atoms with E-state index < -0.39 is 23.4 Å². The van der Waals surface area contributed by atoms with Gasteiger partial charge >= 0.3 is 6.03 Å². The van der Waals surface area contributed by atoms with E-state index in [2.05, 4.69) is 15.5 Å². The summed E-state index contributed by atoms with van der Waals surface area (Å²) in [5.74, 6) is -1.29. The summed E-state index contributed by atoms with van der Waals surface area (Å²) in [5.41, 5.74) is 6.52. The summed E-state index contributed by atoms with van der Waals surface area (Å²) in [6.07, 6.45) is 1.77. The number of primary amides is 1. The number of hydrogen-bond donors (Lipinski definition) is 3. The first-order chi connectivity index (χ1) is 16.3. The van der Waals surface area contributed by atoms with Gasteiger partial charge in [0.15, 0.2) is 0 Å². The fraction of sp³-hybridized carbons (Fsp3) is 0.360. The molecule has 2 heterocycles. The van der Waals surface area contributed by atoms with E-state index in [0.717, 1.165) is 29.8 Å². The van der Waals surface area contributed by atoms with E-state index in [1.807, 2.05) is 18.2 Å². The molecule has 0 spiro atoms. The van der Waals surface area contributed by atoms with Crippen LogP contribution in [0.15, 0.2) is 54.6 Å². The number of carbonyl (C=O) groups is 4. The number of nitrogens with zero attached hydrogens (tertiary/aromatic N) is 2. The van der Waals surface area contributed by atoms with Crippen LogP contribution in [-0.2, 0) is 26.5 Å². The summed E-state index contributed by atoms with van der Waals surface area (Å²) in [6.45, 7) is 3.51. The summed E-state index contributed by atoms with van der Waals surface area (Å²) in [7, 11) is 0. The number of amides is 5. The number of rotatable bonds is 7. The summed E-state index contributed by atoms with van der Waals surface area (Å²) in [5, 5.41) is 5.44. The van der Waals surface area contributed by atoms with E-state index in [1.165, 1.54) is 0 Å². The first-order valence-corrected chi connectivity index (χ1v) is 11.4. The number of urea groups is 1. The van der Waals surface area contributed by atoms with Gasteiger partial charge in [-0.3, -0.25) is 24.2 Å². The number of nitrogens with two attached hydrogens (primary N) is 1. The van der Waals surface area contributed by atoms with Gasteiger partial charge in [-0.1, -0.05) is 42.5 Å². The van der Waals surface area contributed by atoms with Crippen LogP contribution in [0.2, 0.25) is 0 Å². The van der Waals surface area contributed by atoms with Crippen LogP contribution in [0.5, 0.6) is 0 Å². The second kappa shape index (κ2) is 9.64.